The fraction of sp³-hybridized carbons (Fsp3) is 0.467. The Balaban J connectivity index is 1.57. The molecule has 0 unspecified atom stereocenters. The van der Waals surface area contributed by atoms with E-state index in [0.29, 0.717) is 29.3 Å². The zero-order valence-electron chi connectivity index (χ0n) is 24.0. The number of aromatic nitrogens is 2. The molecule has 1 aromatic heterocycles. The van der Waals surface area contributed by atoms with E-state index in [1.807, 2.05) is 0 Å². The number of aryl methyl sites for hydroxylation is 1. The topological polar surface area (TPSA) is 131 Å². The van der Waals surface area contributed by atoms with Gasteiger partial charge in [0.15, 0.2) is 5.82 Å². The highest BCUT2D eigenvalue weighted by atomic mass is 32.2. The third-order valence-electron chi connectivity index (χ3n) is 6.93. The molecule has 0 spiro atoms. The van der Waals surface area contributed by atoms with Gasteiger partial charge >= 0.3 is 17.4 Å². The number of carbonyl (C=O) groups is 2. The number of halogens is 3. The number of alkyl halides is 3. The van der Waals surface area contributed by atoms with E-state index in [9.17, 15) is 36.3 Å². The van der Waals surface area contributed by atoms with Crippen molar-refractivity contribution in [2.24, 2.45) is 0 Å². The van der Waals surface area contributed by atoms with Gasteiger partial charge in [-0.1, -0.05) is 87.7 Å². The van der Waals surface area contributed by atoms with Gasteiger partial charge in [0.25, 0.3) is 15.7 Å². The second-order valence-corrected chi connectivity index (χ2v) is 12.3. The number of unbranched alkanes of at least 4 members (excludes halogenated alkanes) is 8. The number of hydrogen-bond donors (Lipinski definition) is 1. The van der Waals surface area contributed by atoms with E-state index in [2.05, 4.69) is 17.1 Å². The summed E-state index contributed by atoms with van der Waals surface area (Å²) in [6.45, 7) is 1.81. The van der Waals surface area contributed by atoms with Crippen molar-refractivity contribution in [1.82, 2.24) is 15.0 Å². The van der Waals surface area contributed by atoms with Crippen LogP contribution in [-0.4, -0.2) is 45.9 Å². The molecule has 2 aromatic carbocycles. The number of hydrogen-bond acceptors (Lipinski definition) is 7. The minimum Gasteiger partial charge on any atom is -0.474 e. The Labute approximate surface area is 249 Å². The van der Waals surface area contributed by atoms with Gasteiger partial charge in [-0.3, -0.25) is 4.79 Å². The van der Waals surface area contributed by atoms with Crippen molar-refractivity contribution in [3.63, 3.8) is 0 Å². The van der Waals surface area contributed by atoms with Crippen molar-refractivity contribution in [1.29, 1.82) is 0 Å². The lowest BCUT2D eigenvalue weighted by Crippen LogP contribution is -2.35. The standard InChI is InChI=1S/C30H36F3N3O6S/c1-2-3-4-5-6-7-8-9-10-11-26-34-27(42-35-26)24-16-12-22(13-17-24)20-36(28(37)29(38)39)21-23-14-18-25(19-15-23)43(40,41)30(31,32)33/h12-19H,2-11,20-21H2,1H3,(H,38,39). The summed E-state index contributed by atoms with van der Waals surface area (Å²) in [5, 5.41) is 13.3. The first-order valence-electron chi connectivity index (χ1n) is 14.3. The summed E-state index contributed by atoms with van der Waals surface area (Å²) in [6, 6.07) is 10.5. The molecule has 0 atom stereocenters. The number of nitrogens with zero attached hydrogens (tertiary/aromatic N) is 3. The number of amides is 1. The van der Waals surface area contributed by atoms with Crippen molar-refractivity contribution in [2.75, 3.05) is 0 Å². The normalized spacial score (nSPS) is 11.9. The first-order valence-corrected chi connectivity index (χ1v) is 15.7. The molecule has 0 fully saturated rings. The van der Waals surface area contributed by atoms with Crippen LogP contribution in [0, 0.1) is 0 Å². The van der Waals surface area contributed by atoms with Crippen LogP contribution in [0.2, 0.25) is 0 Å². The Kier molecular flexibility index (Phi) is 12.3. The SMILES string of the molecule is CCCCCCCCCCCc1noc(-c2ccc(CN(Cc3ccc(S(=O)(=O)C(F)(F)F)cc3)C(=O)C(=O)O)cc2)n1. The van der Waals surface area contributed by atoms with Gasteiger partial charge in [0, 0.05) is 25.1 Å². The van der Waals surface area contributed by atoms with Gasteiger partial charge < -0.3 is 14.5 Å². The first kappa shape index (κ1) is 33.8. The van der Waals surface area contributed by atoms with Crippen LogP contribution in [0.25, 0.3) is 11.5 Å². The third kappa shape index (κ3) is 9.91. The molecule has 13 heteroatoms. The molecule has 0 bridgehead atoms. The molecule has 234 valence electrons. The summed E-state index contributed by atoms with van der Waals surface area (Å²) in [4.78, 5) is 28.2. The highest BCUT2D eigenvalue weighted by molar-refractivity contribution is 7.92. The first-order chi connectivity index (χ1) is 20.4. The van der Waals surface area contributed by atoms with E-state index in [1.54, 1.807) is 24.3 Å². The van der Waals surface area contributed by atoms with E-state index >= 15 is 0 Å². The summed E-state index contributed by atoms with van der Waals surface area (Å²) in [7, 11) is -5.53. The predicted molar refractivity (Wildman–Crippen MR) is 152 cm³/mol. The minimum absolute atomic E-state index is 0.123. The van der Waals surface area contributed by atoms with E-state index in [-0.39, 0.29) is 18.7 Å². The molecular weight excluding hydrogens is 587 g/mol. The van der Waals surface area contributed by atoms with Gasteiger partial charge in [0.1, 0.15) is 0 Å². The fourth-order valence-corrected chi connectivity index (χ4v) is 5.26. The van der Waals surface area contributed by atoms with Crippen molar-refractivity contribution >= 4 is 21.7 Å². The predicted octanol–water partition coefficient (Wildman–Crippen LogP) is 6.72. The van der Waals surface area contributed by atoms with Gasteiger partial charge in [-0.15, -0.1) is 0 Å². The van der Waals surface area contributed by atoms with Crippen LogP contribution in [0.4, 0.5) is 13.2 Å². The van der Waals surface area contributed by atoms with Crippen molar-refractivity contribution in [3.05, 3.63) is 65.5 Å². The molecule has 0 aliphatic carbocycles. The molecule has 3 rings (SSSR count). The van der Waals surface area contributed by atoms with Crippen molar-refractivity contribution in [2.45, 2.75) is 94.6 Å². The Hall–Kier alpha value is -3.74. The van der Waals surface area contributed by atoms with Crippen LogP contribution in [0.5, 0.6) is 0 Å². The molecule has 0 saturated carbocycles. The van der Waals surface area contributed by atoms with Crippen LogP contribution >= 0.6 is 0 Å². The number of rotatable bonds is 16. The van der Waals surface area contributed by atoms with Gasteiger partial charge in [-0.05, 0) is 41.8 Å². The van der Waals surface area contributed by atoms with Crippen LogP contribution < -0.4 is 0 Å². The third-order valence-corrected chi connectivity index (χ3v) is 8.43. The second-order valence-electron chi connectivity index (χ2n) is 10.4. The van der Waals surface area contributed by atoms with E-state index < -0.39 is 32.1 Å². The lowest BCUT2D eigenvalue weighted by atomic mass is 10.1. The van der Waals surface area contributed by atoms with Gasteiger partial charge in [0.05, 0.1) is 4.90 Å². The van der Waals surface area contributed by atoms with Crippen LogP contribution in [0.15, 0.2) is 57.9 Å². The summed E-state index contributed by atoms with van der Waals surface area (Å²) in [5.74, 6) is -1.98. The molecule has 1 amide bonds. The van der Waals surface area contributed by atoms with Crippen molar-refractivity contribution < 1.29 is 40.8 Å². The lowest BCUT2D eigenvalue weighted by Gasteiger charge is -2.21. The van der Waals surface area contributed by atoms with E-state index in [0.717, 1.165) is 42.0 Å². The quantitative estimate of drug-likeness (QED) is 0.138. The summed E-state index contributed by atoms with van der Waals surface area (Å²) in [6.07, 6.45) is 11.6. The maximum atomic E-state index is 12.8. The molecule has 0 radical (unpaired) electrons. The van der Waals surface area contributed by atoms with E-state index in [4.69, 9.17) is 4.52 Å². The Morgan fingerprint density at radius 3 is 1.86 bits per heavy atom. The molecule has 9 nitrogen and oxygen atoms in total. The molecule has 3 aromatic rings. The lowest BCUT2D eigenvalue weighted by molar-refractivity contribution is -0.156. The molecule has 43 heavy (non-hydrogen) atoms. The van der Waals surface area contributed by atoms with E-state index in [1.165, 1.54) is 44.9 Å². The van der Waals surface area contributed by atoms with Crippen LogP contribution in [-0.2, 0) is 38.9 Å². The summed E-state index contributed by atoms with van der Waals surface area (Å²) >= 11 is 0. The molecule has 0 saturated heterocycles. The summed E-state index contributed by atoms with van der Waals surface area (Å²) < 4.78 is 67.0. The zero-order valence-corrected chi connectivity index (χ0v) is 24.8. The van der Waals surface area contributed by atoms with Gasteiger partial charge in [0.2, 0.25) is 0 Å². The Morgan fingerprint density at radius 2 is 1.35 bits per heavy atom. The molecule has 1 N–H and O–H groups in total. The number of benzene rings is 2. The van der Waals surface area contributed by atoms with Crippen LogP contribution in [0.3, 0.4) is 0 Å². The monoisotopic (exact) mass is 623 g/mol. The molecular formula is C30H36F3N3O6S. The van der Waals surface area contributed by atoms with Gasteiger partial charge in [-0.25, -0.2) is 13.2 Å². The maximum absolute atomic E-state index is 12.8. The highest BCUT2D eigenvalue weighted by Gasteiger charge is 2.46. The largest absolute Gasteiger partial charge is 0.501 e. The average molecular weight is 624 g/mol. The van der Waals surface area contributed by atoms with Crippen molar-refractivity contribution in [3.8, 4) is 11.5 Å². The van der Waals surface area contributed by atoms with Gasteiger partial charge in [-0.2, -0.15) is 18.2 Å². The maximum Gasteiger partial charge on any atom is 0.501 e. The smallest absolute Gasteiger partial charge is 0.474 e. The number of sulfone groups is 1. The number of carbonyl (C=O) groups excluding carboxylic acids is 1. The Bertz CT molecular complexity index is 1440. The number of carboxylic acid groups (broad SMARTS) is 1. The molecule has 0 aliphatic rings. The minimum atomic E-state index is -5.53. The fourth-order valence-electron chi connectivity index (χ4n) is 4.50. The summed E-state index contributed by atoms with van der Waals surface area (Å²) in [5.41, 5.74) is -3.99. The highest BCUT2D eigenvalue weighted by Crippen LogP contribution is 2.30. The molecule has 1 heterocycles. The number of aliphatic carboxylic acids is 1. The number of carboxylic acids is 1. The second kappa shape index (κ2) is 15.6. The zero-order chi connectivity index (χ0) is 31.5. The Morgan fingerprint density at radius 1 is 0.837 bits per heavy atom. The van der Waals surface area contributed by atoms with Crippen LogP contribution in [0.1, 0.15) is 81.7 Å². The average Bonchev–Trinajstić information content (AvgIpc) is 3.44. The molecule has 0 aliphatic heterocycles.